The number of hydrogen-bond acceptors (Lipinski definition) is 3. The Hall–Kier alpha value is -2.66. The summed E-state index contributed by atoms with van der Waals surface area (Å²) in [5, 5.41) is 0.264. The van der Waals surface area contributed by atoms with Gasteiger partial charge < -0.3 is 4.74 Å². The Morgan fingerprint density at radius 3 is 2.52 bits per heavy atom. The van der Waals surface area contributed by atoms with Gasteiger partial charge in [-0.1, -0.05) is 17.5 Å². The van der Waals surface area contributed by atoms with Crippen molar-refractivity contribution in [1.82, 2.24) is 9.13 Å². The summed E-state index contributed by atoms with van der Waals surface area (Å²) >= 11 is 5.88. The van der Waals surface area contributed by atoms with Crippen LogP contribution in [0.25, 0.3) is 5.69 Å². The van der Waals surface area contributed by atoms with Crippen LogP contribution in [0.3, 0.4) is 0 Å². The zero-order valence-electron chi connectivity index (χ0n) is 13.1. The molecule has 0 bridgehead atoms. The van der Waals surface area contributed by atoms with Crippen LogP contribution in [0.4, 0.5) is 13.2 Å². The highest BCUT2D eigenvalue weighted by Crippen LogP contribution is 2.28. The van der Waals surface area contributed by atoms with Crippen molar-refractivity contribution >= 4 is 11.6 Å². The number of nitrogens with zero attached hydrogens (tertiary/aromatic N) is 2. The van der Waals surface area contributed by atoms with Gasteiger partial charge in [-0.3, -0.25) is 9.36 Å². The smallest absolute Gasteiger partial charge is 0.431 e. The molecule has 0 radical (unpaired) electrons. The van der Waals surface area contributed by atoms with Gasteiger partial charge in [0.2, 0.25) is 0 Å². The number of aromatic nitrogens is 2. The minimum absolute atomic E-state index is 0.0263. The molecule has 0 amide bonds. The number of alkyl halides is 3. The molecular weight excluding hydrogens is 361 g/mol. The Kier molecular flexibility index (Phi) is 5.28. The van der Waals surface area contributed by atoms with Gasteiger partial charge in [0.15, 0.2) is 0 Å². The van der Waals surface area contributed by atoms with E-state index in [2.05, 4.69) is 11.8 Å². The van der Waals surface area contributed by atoms with E-state index in [0.29, 0.717) is 15.2 Å². The fourth-order valence-corrected chi connectivity index (χ4v) is 2.26. The first kappa shape index (κ1) is 18.7. The molecule has 1 heterocycles. The van der Waals surface area contributed by atoms with Gasteiger partial charge in [-0.2, -0.15) is 13.2 Å². The van der Waals surface area contributed by atoms with E-state index in [4.69, 9.17) is 16.3 Å². The topological polar surface area (TPSA) is 53.2 Å². The average Bonchev–Trinajstić information content (AvgIpc) is 2.52. The second-order valence-electron chi connectivity index (χ2n) is 4.87. The molecule has 0 unspecified atom stereocenters. The molecule has 132 valence electrons. The summed E-state index contributed by atoms with van der Waals surface area (Å²) in [6.45, 7) is 1.55. The molecule has 5 nitrogen and oxygen atoms in total. The van der Waals surface area contributed by atoms with Crippen molar-refractivity contribution in [1.29, 1.82) is 0 Å². The summed E-state index contributed by atoms with van der Waals surface area (Å²) in [4.78, 5) is 24.5. The molecule has 9 heteroatoms. The molecule has 0 fully saturated rings. The van der Waals surface area contributed by atoms with Crippen LogP contribution in [0.15, 0.2) is 33.9 Å². The molecule has 0 aliphatic heterocycles. The number of ether oxygens (including phenoxy) is 1. The van der Waals surface area contributed by atoms with Crippen molar-refractivity contribution in [3.8, 4) is 23.3 Å². The Bertz CT molecular complexity index is 981. The third kappa shape index (κ3) is 3.88. The quantitative estimate of drug-likeness (QED) is 0.778. The number of benzene rings is 1. The SMILES string of the molecule is CC#CCOc1cc(Cl)ccc1-n1c(=O)cc(C(F)(F)F)n(C)c1=O. The number of hydrogen-bond donors (Lipinski definition) is 0. The second kappa shape index (κ2) is 7.07. The molecule has 1 aromatic heterocycles. The third-order valence-corrected chi connectivity index (χ3v) is 3.49. The Balaban J connectivity index is 2.71. The number of halogens is 4. The first-order chi connectivity index (χ1) is 11.7. The van der Waals surface area contributed by atoms with Crippen molar-refractivity contribution < 1.29 is 17.9 Å². The van der Waals surface area contributed by atoms with E-state index in [0.717, 1.165) is 7.05 Å². The highest BCUT2D eigenvalue weighted by atomic mass is 35.5. The molecule has 0 N–H and O–H groups in total. The molecule has 0 aliphatic rings. The molecule has 2 aromatic rings. The lowest BCUT2D eigenvalue weighted by Crippen LogP contribution is -2.40. The van der Waals surface area contributed by atoms with Gasteiger partial charge in [0.1, 0.15) is 18.1 Å². The van der Waals surface area contributed by atoms with E-state index >= 15 is 0 Å². The first-order valence-electron chi connectivity index (χ1n) is 6.89. The van der Waals surface area contributed by atoms with E-state index in [1.54, 1.807) is 6.92 Å². The maximum Gasteiger partial charge on any atom is 0.431 e. The van der Waals surface area contributed by atoms with Crippen LogP contribution < -0.4 is 16.0 Å². The van der Waals surface area contributed by atoms with Crippen molar-refractivity contribution in [2.24, 2.45) is 7.05 Å². The summed E-state index contributed by atoms with van der Waals surface area (Å²) in [6, 6.07) is 4.40. The molecule has 0 atom stereocenters. The third-order valence-electron chi connectivity index (χ3n) is 3.25. The van der Waals surface area contributed by atoms with Crippen LogP contribution in [-0.4, -0.2) is 15.7 Å². The average molecular weight is 373 g/mol. The molecule has 0 spiro atoms. The monoisotopic (exact) mass is 372 g/mol. The van der Waals surface area contributed by atoms with E-state index in [1.165, 1.54) is 18.2 Å². The van der Waals surface area contributed by atoms with Gasteiger partial charge in [-0.05, 0) is 19.1 Å². The van der Waals surface area contributed by atoms with Crippen LogP contribution >= 0.6 is 11.6 Å². The maximum absolute atomic E-state index is 12.9. The van der Waals surface area contributed by atoms with Crippen LogP contribution in [0.2, 0.25) is 5.02 Å². The summed E-state index contributed by atoms with van der Waals surface area (Å²) in [6.07, 6.45) is -4.83. The molecular formula is C16H12ClF3N2O3. The highest BCUT2D eigenvalue weighted by Gasteiger charge is 2.35. The minimum atomic E-state index is -4.83. The van der Waals surface area contributed by atoms with Crippen LogP contribution in [0.5, 0.6) is 5.75 Å². The molecule has 0 saturated carbocycles. The highest BCUT2D eigenvalue weighted by molar-refractivity contribution is 6.30. The normalized spacial score (nSPS) is 11.0. The van der Waals surface area contributed by atoms with E-state index in [-0.39, 0.29) is 23.1 Å². The summed E-state index contributed by atoms with van der Waals surface area (Å²) in [5.41, 5.74) is -3.66. The van der Waals surface area contributed by atoms with Gasteiger partial charge in [0, 0.05) is 24.2 Å². The zero-order valence-corrected chi connectivity index (χ0v) is 13.9. The van der Waals surface area contributed by atoms with Gasteiger partial charge in [-0.25, -0.2) is 9.36 Å². The number of rotatable bonds is 3. The summed E-state index contributed by atoms with van der Waals surface area (Å²) < 4.78 is 45.1. The van der Waals surface area contributed by atoms with Gasteiger partial charge >= 0.3 is 11.9 Å². The first-order valence-corrected chi connectivity index (χ1v) is 7.27. The Morgan fingerprint density at radius 2 is 1.92 bits per heavy atom. The largest absolute Gasteiger partial charge is 0.479 e. The molecule has 2 rings (SSSR count). The molecule has 1 aromatic carbocycles. The fourth-order valence-electron chi connectivity index (χ4n) is 2.09. The lowest BCUT2D eigenvalue weighted by Gasteiger charge is -2.16. The maximum atomic E-state index is 12.9. The zero-order chi connectivity index (χ0) is 18.8. The van der Waals surface area contributed by atoms with E-state index in [9.17, 15) is 22.8 Å². The van der Waals surface area contributed by atoms with Crippen molar-refractivity contribution in [2.75, 3.05) is 6.61 Å². The van der Waals surface area contributed by atoms with Gasteiger partial charge in [0.05, 0.1) is 5.69 Å². The standard InChI is InChI=1S/C16H12ClF3N2O3/c1-3-4-7-25-12-8-10(17)5-6-11(12)22-14(23)9-13(16(18,19)20)21(2)15(22)24/h5-6,8-9H,7H2,1-2H3. The van der Waals surface area contributed by atoms with Gasteiger partial charge in [-0.15, -0.1) is 5.92 Å². The predicted molar refractivity (Wildman–Crippen MR) is 86.2 cm³/mol. The van der Waals surface area contributed by atoms with Crippen LogP contribution in [0, 0.1) is 11.8 Å². The lowest BCUT2D eigenvalue weighted by atomic mass is 10.2. The van der Waals surface area contributed by atoms with E-state index < -0.39 is 23.1 Å². The molecule has 25 heavy (non-hydrogen) atoms. The molecule has 0 saturated heterocycles. The van der Waals surface area contributed by atoms with E-state index in [1.807, 2.05) is 0 Å². The van der Waals surface area contributed by atoms with Crippen molar-refractivity contribution in [3.63, 3.8) is 0 Å². The van der Waals surface area contributed by atoms with Gasteiger partial charge in [0.25, 0.3) is 5.56 Å². The Morgan fingerprint density at radius 1 is 1.24 bits per heavy atom. The minimum Gasteiger partial charge on any atom is -0.479 e. The van der Waals surface area contributed by atoms with Crippen molar-refractivity contribution in [2.45, 2.75) is 13.1 Å². The molecule has 0 aliphatic carbocycles. The summed E-state index contributed by atoms with van der Waals surface area (Å²) in [5.74, 6) is 5.28. The lowest BCUT2D eigenvalue weighted by molar-refractivity contribution is -0.144. The van der Waals surface area contributed by atoms with Crippen LogP contribution in [-0.2, 0) is 13.2 Å². The summed E-state index contributed by atoms with van der Waals surface area (Å²) in [7, 11) is 0.931. The fraction of sp³-hybridized carbons (Fsp3) is 0.250. The predicted octanol–water partition coefficient (Wildman–Crippen LogP) is 2.61. The van der Waals surface area contributed by atoms with Crippen molar-refractivity contribution in [3.05, 3.63) is 55.8 Å². The van der Waals surface area contributed by atoms with Crippen LogP contribution in [0.1, 0.15) is 12.6 Å². The second-order valence-corrected chi connectivity index (χ2v) is 5.31. The Labute approximate surface area is 145 Å².